The number of hydrogen-bond donors (Lipinski definition) is 1. The first-order valence-electron chi connectivity index (χ1n) is 10.0. The van der Waals surface area contributed by atoms with Gasteiger partial charge in [-0.1, -0.05) is 17.3 Å². The summed E-state index contributed by atoms with van der Waals surface area (Å²) in [6.07, 6.45) is 6.60. The van der Waals surface area contributed by atoms with Crippen LogP contribution in [0, 0.1) is 5.82 Å². The number of rotatable bonds is 6. The van der Waals surface area contributed by atoms with Crippen molar-refractivity contribution >= 4 is 21.6 Å². The molecule has 1 aromatic carbocycles. The van der Waals surface area contributed by atoms with Gasteiger partial charge in [0.2, 0.25) is 0 Å². The molecule has 154 valence electrons. The molecule has 0 saturated heterocycles. The van der Waals surface area contributed by atoms with Crippen LogP contribution in [-0.4, -0.2) is 20.7 Å². The van der Waals surface area contributed by atoms with Crippen molar-refractivity contribution in [1.29, 1.82) is 0 Å². The third kappa shape index (κ3) is 3.80. The minimum absolute atomic E-state index is 0.0219. The average molecular weight is 425 g/mol. The van der Waals surface area contributed by atoms with Crippen molar-refractivity contribution in [3.63, 3.8) is 0 Å². The molecule has 1 atom stereocenters. The number of halogens is 1. The van der Waals surface area contributed by atoms with E-state index in [1.807, 2.05) is 6.07 Å². The van der Waals surface area contributed by atoms with Crippen LogP contribution in [0.5, 0.6) is 0 Å². The molecule has 0 fully saturated rings. The first-order chi connectivity index (χ1) is 14.7. The highest BCUT2D eigenvalue weighted by Gasteiger charge is 2.25. The van der Waals surface area contributed by atoms with E-state index in [9.17, 15) is 9.18 Å². The molecule has 0 amide bonds. The monoisotopic (exact) mass is 424 g/mol. The summed E-state index contributed by atoms with van der Waals surface area (Å²) in [4.78, 5) is 19.8. The highest BCUT2D eigenvalue weighted by atomic mass is 32.1. The fourth-order valence-corrected chi connectivity index (χ4v) is 5.27. The molecule has 8 heteroatoms. The van der Waals surface area contributed by atoms with E-state index in [4.69, 9.17) is 4.52 Å². The lowest BCUT2D eigenvalue weighted by Gasteiger charge is -2.23. The molecule has 0 saturated carbocycles. The Morgan fingerprint density at radius 2 is 2.13 bits per heavy atom. The average Bonchev–Trinajstić information content (AvgIpc) is 3.40. The minimum atomic E-state index is -0.252. The van der Waals surface area contributed by atoms with Crippen LogP contribution >= 0.6 is 11.3 Å². The summed E-state index contributed by atoms with van der Waals surface area (Å²) in [5.41, 5.74) is 3.07. The molecular formula is C22H21FN4O2S. The second-order valence-electron chi connectivity index (χ2n) is 7.61. The van der Waals surface area contributed by atoms with Gasteiger partial charge in [0.05, 0.1) is 17.4 Å². The Kier molecular flexibility index (Phi) is 5.18. The Morgan fingerprint density at radius 1 is 1.27 bits per heavy atom. The van der Waals surface area contributed by atoms with Crippen LogP contribution in [0.2, 0.25) is 0 Å². The van der Waals surface area contributed by atoms with E-state index < -0.39 is 0 Å². The summed E-state index contributed by atoms with van der Waals surface area (Å²) >= 11 is 1.63. The van der Waals surface area contributed by atoms with Crippen LogP contribution in [-0.2, 0) is 32.4 Å². The van der Waals surface area contributed by atoms with Crippen LogP contribution in [0.3, 0.4) is 0 Å². The minimum Gasteiger partial charge on any atom is -0.364 e. The summed E-state index contributed by atoms with van der Waals surface area (Å²) in [5, 5.41) is 8.24. The van der Waals surface area contributed by atoms with E-state index in [2.05, 4.69) is 15.5 Å². The molecule has 1 N–H and O–H groups in total. The van der Waals surface area contributed by atoms with E-state index in [-0.39, 0.29) is 11.4 Å². The first-order valence-corrected chi connectivity index (χ1v) is 10.9. The molecule has 1 aliphatic carbocycles. The van der Waals surface area contributed by atoms with Crippen molar-refractivity contribution in [2.75, 3.05) is 0 Å². The molecule has 6 nitrogen and oxygen atoms in total. The van der Waals surface area contributed by atoms with Gasteiger partial charge in [-0.2, -0.15) is 0 Å². The molecule has 5 rings (SSSR count). The number of aryl methyl sites for hydroxylation is 3. The summed E-state index contributed by atoms with van der Waals surface area (Å²) < 4.78 is 19.6. The maximum Gasteiger partial charge on any atom is 0.262 e. The van der Waals surface area contributed by atoms with Gasteiger partial charge in [0.1, 0.15) is 16.9 Å². The van der Waals surface area contributed by atoms with Crippen LogP contribution in [0.4, 0.5) is 4.39 Å². The SMILES string of the molecule is O=c1c2c3c(sc2ncn1CCc1ccc(F)cc1)C[C@H](NCc1ccon1)CC3. The molecule has 0 aliphatic heterocycles. The van der Waals surface area contributed by atoms with Crippen LogP contribution < -0.4 is 10.9 Å². The predicted molar refractivity (Wildman–Crippen MR) is 113 cm³/mol. The van der Waals surface area contributed by atoms with E-state index in [1.54, 1.807) is 40.6 Å². The number of benzene rings is 1. The van der Waals surface area contributed by atoms with Gasteiger partial charge >= 0.3 is 0 Å². The van der Waals surface area contributed by atoms with Gasteiger partial charge in [-0.05, 0) is 48.9 Å². The highest BCUT2D eigenvalue weighted by Crippen LogP contribution is 2.33. The van der Waals surface area contributed by atoms with Crippen LogP contribution in [0.1, 0.15) is 28.1 Å². The van der Waals surface area contributed by atoms with Crippen molar-refractivity contribution in [2.24, 2.45) is 0 Å². The molecule has 0 spiro atoms. The van der Waals surface area contributed by atoms with Crippen molar-refractivity contribution in [3.8, 4) is 0 Å². The standard InChI is InChI=1S/C22H21FN4O2S/c23-15-3-1-14(2-4-15)7-9-27-13-25-21-20(22(27)28)18-6-5-16(11-19(18)30-21)24-12-17-8-10-29-26-17/h1-4,8,10,13,16,24H,5-7,9,11-12H2/t16-/m1/s1. The van der Waals surface area contributed by atoms with Gasteiger partial charge in [0, 0.05) is 30.1 Å². The smallest absolute Gasteiger partial charge is 0.262 e. The zero-order chi connectivity index (χ0) is 20.5. The van der Waals surface area contributed by atoms with Crippen LogP contribution in [0.25, 0.3) is 10.2 Å². The zero-order valence-corrected chi connectivity index (χ0v) is 17.1. The van der Waals surface area contributed by atoms with Gasteiger partial charge in [0.15, 0.2) is 0 Å². The third-order valence-electron chi connectivity index (χ3n) is 5.65. The summed E-state index contributed by atoms with van der Waals surface area (Å²) in [5.74, 6) is -0.252. The van der Waals surface area contributed by atoms with Crippen LogP contribution in [0.15, 0.2) is 52.2 Å². The van der Waals surface area contributed by atoms with Crippen molar-refractivity contribution in [2.45, 2.75) is 44.8 Å². The summed E-state index contributed by atoms with van der Waals surface area (Å²) in [6, 6.07) is 8.61. The maximum absolute atomic E-state index is 13.1. The molecule has 4 aromatic rings. The molecule has 1 aliphatic rings. The Hall–Kier alpha value is -2.84. The molecule has 3 aromatic heterocycles. The Balaban J connectivity index is 1.33. The maximum atomic E-state index is 13.1. The zero-order valence-electron chi connectivity index (χ0n) is 16.3. The first kappa shape index (κ1) is 19.1. The number of fused-ring (bicyclic) bond motifs is 3. The Labute approximate surface area is 176 Å². The van der Waals surface area contributed by atoms with Gasteiger partial charge in [-0.3, -0.25) is 9.36 Å². The van der Waals surface area contributed by atoms with Crippen molar-refractivity contribution in [3.05, 3.63) is 80.8 Å². The van der Waals surface area contributed by atoms with Crippen molar-refractivity contribution < 1.29 is 8.91 Å². The lowest BCUT2D eigenvalue weighted by Crippen LogP contribution is -2.34. The normalized spacial score (nSPS) is 16.1. The molecule has 0 unspecified atom stereocenters. The molecule has 30 heavy (non-hydrogen) atoms. The topological polar surface area (TPSA) is 73.0 Å². The second-order valence-corrected chi connectivity index (χ2v) is 8.70. The number of nitrogens with zero attached hydrogens (tertiary/aromatic N) is 3. The number of hydrogen-bond acceptors (Lipinski definition) is 6. The molecule has 0 radical (unpaired) electrons. The van der Waals surface area contributed by atoms with Crippen molar-refractivity contribution in [1.82, 2.24) is 20.0 Å². The van der Waals surface area contributed by atoms with Gasteiger partial charge in [0.25, 0.3) is 5.56 Å². The van der Waals surface area contributed by atoms with E-state index in [1.165, 1.54) is 17.0 Å². The largest absolute Gasteiger partial charge is 0.364 e. The fourth-order valence-electron chi connectivity index (χ4n) is 4.01. The van der Waals surface area contributed by atoms with E-state index >= 15 is 0 Å². The summed E-state index contributed by atoms with van der Waals surface area (Å²) in [6.45, 7) is 1.20. The van der Waals surface area contributed by atoms with Gasteiger partial charge in [-0.25, -0.2) is 9.37 Å². The van der Waals surface area contributed by atoms with Gasteiger partial charge < -0.3 is 9.84 Å². The molecule has 3 heterocycles. The number of aromatic nitrogens is 3. The summed E-state index contributed by atoms with van der Waals surface area (Å²) in [7, 11) is 0. The molecular weight excluding hydrogens is 403 g/mol. The molecule has 0 bridgehead atoms. The lowest BCUT2D eigenvalue weighted by molar-refractivity contribution is 0.399. The quantitative estimate of drug-likeness (QED) is 0.513. The second kappa shape index (κ2) is 8.12. The number of nitrogens with one attached hydrogen (secondary N) is 1. The van der Waals surface area contributed by atoms with E-state index in [0.29, 0.717) is 25.6 Å². The Bertz CT molecular complexity index is 1210. The predicted octanol–water partition coefficient (Wildman–Crippen LogP) is 3.47. The Morgan fingerprint density at radius 3 is 2.93 bits per heavy atom. The third-order valence-corrected chi connectivity index (χ3v) is 6.82. The van der Waals surface area contributed by atoms with E-state index in [0.717, 1.165) is 46.3 Å². The number of thiophene rings is 1. The highest BCUT2D eigenvalue weighted by molar-refractivity contribution is 7.18. The fraction of sp³-hybridized carbons (Fsp3) is 0.318. The lowest BCUT2D eigenvalue weighted by atomic mass is 9.93. The van der Waals surface area contributed by atoms with Gasteiger partial charge in [-0.15, -0.1) is 11.3 Å².